The minimum absolute atomic E-state index is 0.0246. The van der Waals surface area contributed by atoms with Crippen molar-refractivity contribution in [3.8, 4) is 0 Å². The Hall–Kier alpha value is -2.12. The van der Waals surface area contributed by atoms with Crippen molar-refractivity contribution in [2.45, 2.75) is 37.9 Å². The topological polar surface area (TPSA) is 74.8 Å². The van der Waals surface area contributed by atoms with Gasteiger partial charge in [-0.1, -0.05) is 30.3 Å². The standard InChI is InChI=1S/C21H23N3O2S2/c25-18(22-11-5-8-14-6-2-1-3-7-14)13-27-12-17-23-20(26)19-15-9-4-10-16(15)28-21(19)24-17/h1-3,6-7H,4-5,8-13H2,(H,22,25)(H,23,24,26). The van der Waals surface area contributed by atoms with E-state index in [2.05, 4.69) is 27.4 Å². The van der Waals surface area contributed by atoms with Crippen molar-refractivity contribution in [2.75, 3.05) is 12.3 Å². The summed E-state index contributed by atoms with van der Waals surface area (Å²) >= 11 is 3.12. The number of aryl methyl sites for hydroxylation is 3. The molecule has 0 saturated heterocycles. The second-order valence-electron chi connectivity index (χ2n) is 6.98. The van der Waals surface area contributed by atoms with Gasteiger partial charge in [0.25, 0.3) is 5.56 Å². The summed E-state index contributed by atoms with van der Waals surface area (Å²) < 4.78 is 0. The quantitative estimate of drug-likeness (QED) is 0.555. The molecule has 146 valence electrons. The number of nitrogens with zero attached hydrogens (tertiary/aromatic N) is 1. The Kier molecular flexibility index (Phi) is 6.12. The average Bonchev–Trinajstić information content (AvgIpc) is 3.27. The van der Waals surface area contributed by atoms with E-state index in [0.717, 1.165) is 42.3 Å². The van der Waals surface area contributed by atoms with E-state index >= 15 is 0 Å². The monoisotopic (exact) mass is 413 g/mol. The number of hydrogen-bond donors (Lipinski definition) is 2. The van der Waals surface area contributed by atoms with Crippen molar-refractivity contribution < 1.29 is 4.79 Å². The summed E-state index contributed by atoms with van der Waals surface area (Å²) in [4.78, 5) is 34.1. The highest BCUT2D eigenvalue weighted by molar-refractivity contribution is 7.99. The zero-order valence-electron chi connectivity index (χ0n) is 15.6. The molecule has 0 radical (unpaired) electrons. The number of carbonyl (C=O) groups is 1. The predicted octanol–water partition coefficient (Wildman–Crippen LogP) is 3.46. The van der Waals surface area contributed by atoms with Gasteiger partial charge in [0.1, 0.15) is 10.7 Å². The lowest BCUT2D eigenvalue weighted by atomic mass is 10.1. The Morgan fingerprint density at radius 3 is 2.96 bits per heavy atom. The maximum atomic E-state index is 12.4. The highest BCUT2D eigenvalue weighted by Crippen LogP contribution is 2.34. The molecule has 7 heteroatoms. The number of aromatic nitrogens is 2. The molecular formula is C21H23N3O2S2. The number of aromatic amines is 1. The lowest BCUT2D eigenvalue weighted by Gasteiger charge is -2.05. The fourth-order valence-electron chi connectivity index (χ4n) is 3.57. The number of nitrogens with one attached hydrogen (secondary N) is 2. The van der Waals surface area contributed by atoms with Crippen LogP contribution in [0.1, 0.15) is 34.7 Å². The molecular weight excluding hydrogens is 390 g/mol. The number of fused-ring (bicyclic) bond motifs is 3. The van der Waals surface area contributed by atoms with Crippen molar-refractivity contribution >= 4 is 39.2 Å². The van der Waals surface area contributed by atoms with Gasteiger partial charge >= 0.3 is 0 Å². The molecule has 1 aliphatic rings. The van der Waals surface area contributed by atoms with E-state index in [9.17, 15) is 9.59 Å². The molecule has 1 amide bonds. The van der Waals surface area contributed by atoms with Gasteiger partial charge in [0.2, 0.25) is 5.91 Å². The van der Waals surface area contributed by atoms with Gasteiger partial charge in [0.15, 0.2) is 0 Å². The van der Waals surface area contributed by atoms with E-state index < -0.39 is 0 Å². The Balaban J connectivity index is 1.22. The smallest absolute Gasteiger partial charge is 0.259 e. The lowest BCUT2D eigenvalue weighted by molar-refractivity contribution is -0.118. The predicted molar refractivity (Wildman–Crippen MR) is 116 cm³/mol. The third-order valence-electron chi connectivity index (χ3n) is 4.90. The zero-order valence-corrected chi connectivity index (χ0v) is 17.3. The van der Waals surface area contributed by atoms with E-state index in [4.69, 9.17) is 0 Å². The maximum Gasteiger partial charge on any atom is 0.259 e. The van der Waals surface area contributed by atoms with Gasteiger partial charge in [-0.2, -0.15) is 0 Å². The van der Waals surface area contributed by atoms with Crippen molar-refractivity contribution in [2.24, 2.45) is 0 Å². The maximum absolute atomic E-state index is 12.4. The van der Waals surface area contributed by atoms with Gasteiger partial charge in [-0.25, -0.2) is 4.98 Å². The van der Waals surface area contributed by atoms with Crippen LogP contribution in [0.15, 0.2) is 35.1 Å². The number of benzene rings is 1. The zero-order chi connectivity index (χ0) is 19.3. The van der Waals surface area contributed by atoms with E-state index in [1.54, 1.807) is 11.3 Å². The summed E-state index contributed by atoms with van der Waals surface area (Å²) in [5.41, 5.74) is 2.45. The molecule has 5 nitrogen and oxygen atoms in total. The Labute approximate surface area is 172 Å². The number of carbonyl (C=O) groups excluding carboxylic acids is 1. The van der Waals surface area contributed by atoms with Gasteiger partial charge in [-0.15, -0.1) is 23.1 Å². The van der Waals surface area contributed by atoms with Crippen LogP contribution in [-0.2, 0) is 29.8 Å². The number of thiophene rings is 1. The second-order valence-corrected chi connectivity index (χ2v) is 9.05. The summed E-state index contributed by atoms with van der Waals surface area (Å²) in [5.74, 6) is 1.58. The molecule has 4 rings (SSSR count). The van der Waals surface area contributed by atoms with Gasteiger partial charge in [0.05, 0.1) is 16.9 Å². The van der Waals surface area contributed by atoms with Crippen LogP contribution in [0, 0.1) is 0 Å². The molecule has 3 aromatic rings. The molecule has 2 heterocycles. The van der Waals surface area contributed by atoms with Gasteiger partial charge < -0.3 is 10.3 Å². The molecule has 0 atom stereocenters. The largest absolute Gasteiger partial charge is 0.355 e. The van der Waals surface area contributed by atoms with Crippen LogP contribution in [0.2, 0.25) is 0 Å². The summed E-state index contributed by atoms with van der Waals surface area (Å²) in [6, 6.07) is 10.3. The first-order chi connectivity index (χ1) is 13.7. The van der Waals surface area contributed by atoms with Gasteiger partial charge in [0, 0.05) is 11.4 Å². The molecule has 2 aromatic heterocycles. The van der Waals surface area contributed by atoms with E-state index in [0.29, 0.717) is 23.9 Å². The van der Waals surface area contributed by atoms with Crippen LogP contribution in [0.3, 0.4) is 0 Å². The van der Waals surface area contributed by atoms with Gasteiger partial charge in [-0.05, 0) is 43.2 Å². The Morgan fingerprint density at radius 2 is 2.11 bits per heavy atom. The number of amides is 1. The van der Waals surface area contributed by atoms with E-state index in [-0.39, 0.29) is 11.5 Å². The van der Waals surface area contributed by atoms with Crippen molar-refractivity contribution in [3.63, 3.8) is 0 Å². The molecule has 1 aliphatic carbocycles. The number of hydrogen-bond acceptors (Lipinski definition) is 5. The lowest BCUT2D eigenvalue weighted by Crippen LogP contribution is -2.26. The average molecular weight is 414 g/mol. The SMILES string of the molecule is O=C(CSCc1nc2sc3c(c2c(=O)[nH]1)CCC3)NCCCc1ccccc1. The second kappa shape index (κ2) is 8.92. The van der Waals surface area contributed by atoms with Crippen LogP contribution in [0.4, 0.5) is 0 Å². The first-order valence-electron chi connectivity index (χ1n) is 9.62. The molecule has 0 spiro atoms. The number of H-pyrrole nitrogens is 1. The molecule has 0 saturated carbocycles. The van der Waals surface area contributed by atoms with Crippen LogP contribution in [0.25, 0.3) is 10.2 Å². The third-order valence-corrected chi connectivity index (χ3v) is 7.03. The summed E-state index contributed by atoms with van der Waals surface area (Å²) in [5, 5.41) is 3.74. The fraction of sp³-hybridized carbons (Fsp3) is 0.381. The van der Waals surface area contributed by atoms with Crippen LogP contribution in [-0.4, -0.2) is 28.2 Å². The minimum atomic E-state index is -0.0367. The minimum Gasteiger partial charge on any atom is -0.355 e. The van der Waals surface area contributed by atoms with Crippen molar-refractivity contribution in [1.82, 2.24) is 15.3 Å². The number of thioether (sulfide) groups is 1. The summed E-state index contributed by atoms with van der Waals surface area (Å²) in [6.07, 6.45) is 5.07. The third kappa shape index (κ3) is 4.47. The molecule has 0 aliphatic heterocycles. The molecule has 0 unspecified atom stereocenters. The Bertz CT molecular complexity index is 1030. The summed E-state index contributed by atoms with van der Waals surface area (Å²) in [7, 11) is 0. The first kappa shape index (κ1) is 19.2. The Morgan fingerprint density at radius 1 is 1.25 bits per heavy atom. The number of rotatable bonds is 8. The van der Waals surface area contributed by atoms with Crippen LogP contribution < -0.4 is 10.9 Å². The van der Waals surface area contributed by atoms with Gasteiger partial charge in [-0.3, -0.25) is 9.59 Å². The molecule has 0 fully saturated rings. The van der Waals surface area contributed by atoms with Crippen LogP contribution in [0.5, 0.6) is 0 Å². The van der Waals surface area contributed by atoms with Crippen molar-refractivity contribution in [3.05, 3.63) is 62.5 Å². The summed E-state index contributed by atoms with van der Waals surface area (Å²) in [6.45, 7) is 0.677. The highest BCUT2D eigenvalue weighted by Gasteiger charge is 2.21. The normalized spacial score (nSPS) is 13.0. The highest BCUT2D eigenvalue weighted by atomic mass is 32.2. The van der Waals surface area contributed by atoms with Crippen molar-refractivity contribution in [1.29, 1.82) is 0 Å². The van der Waals surface area contributed by atoms with E-state index in [1.165, 1.54) is 27.8 Å². The molecule has 2 N–H and O–H groups in total. The van der Waals surface area contributed by atoms with Crippen LogP contribution >= 0.6 is 23.1 Å². The van der Waals surface area contributed by atoms with E-state index in [1.807, 2.05) is 18.2 Å². The molecule has 28 heavy (non-hydrogen) atoms. The molecule has 1 aromatic carbocycles. The fourth-order valence-corrected chi connectivity index (χ4v) is 5.57. The first-order valence-corrected chi connectivity index (χ1v) is 11.6. The molecule has 0 bridgehead atoms.